The monoisotopic (exact) mass is 539 g/mol. The van der Waals surface area contributed by atoms with Gasteiger partial charge in [-0.25, -0.2) is 0 Å². The van der Waals surface area contributed by atoms with Gasteiger partial charge in [0.2, 0.25) is 0 Å². The minimum absolute atomic E-state index is 0. The van der Waals surface area contributed by atoms with Crippen molar-refractivity contribution in [3.05, 3.63) is 59.5 Å². The summed E-state index contributed by atoms with van der Waals surface area (Å²) in [5.41, 5.74) is 2.93. The molecule has 0 saturated carbocycles. The molecule has 4 rings (SSSR count). The van der Waals surface area contributed by atoms with Crippen LogP contribution >= 0.6 is 24.0 Å². The van der Waals surface area contributed by atoms with E-state index in [9.17, 15) is 0 Å². The number of guanidine groups is 1. The lowest BCUT2D eigenvalue weighted by Crippen LogP contribution is -2.46. The predicted molar refractivity (Wildman–Crippen MR) is 133 cm³/mol. The van der Waals surface area contributed by atoms with Crippen molar-refractivity contribution in [1.82, 2.24) is 10.6 Å². The third kappa shape index (κ3) is 7.80. The number of aryl methyl sites for hydroxylation is 1. The van der Waals surface area contributed by atoms with Crippen LogP contribution in [0.4, 0.5) is 0 Å². The molecule has 2 unspecified atom stereocenters. The Morgan fingerprint density at radius 1 is 1.13 bits per heavy atom. The Morgan fingerprint density at radius 2 is 2.03 bits per heavy atom. The normalized spacial score (nSPS) is 20.7. The van der Waals surface area contributed by atoms with Gasteiger partial charge in [0.1, 0.15) is 5.76 Å². The largest absolute Gasteiger partial charge is 0.469 e. The van der Waals surface area contributed by atoms with Gasteiger partial charge in [-0.2, -0.15) is 0 Å². The van der Waals surface area contributed by atoms with Gasteiger partial charge >= 0.3 is 0 Å². The molecule has 1 aliphatic carbocycles. The van der Waals surface area contributed by atoms with Crippen molar-refractivity contribution in [2.24, 2.45) is 4.99 Å². The first-order valence-corrected chi connectivity index (χ1v) is 11.2. The number of nitrogens with one attached hydrogen (secondary N) is 2. The van der Waals surface area contributed by atoms with Crippen LogP contribution in [0.25, 0.3) is 0 Å². The quantitative estimate of drug-likeness (QED) is 0.220. The number of hydrogen-bond donors (Lipinski definition) is 2. The van der Waals surface area contributed by atoms with Crippen molar-refractivity contribution < 1.29 is 13.9 Å². The molecule has 2 N–H and O–H groups in total. The molecule has 1 aromatic carbocycles. The summed E-state index contributed by atoms with van der Waals surface area (Å²) in [6.07, 6.45) is 8.03. The van der Waals surface area contributed by atoms with Gasteiger partial charge in [-0.1, -0.05) is 24.3 Å². The molecular weight excluding hydrogens is 505 g/mol. The summed E-state index contributed by atoms with van der Waals surface area (Å²) in [4.78, 5) is 4.81. The second kappa shape index (κ2) is 13.1. The Labute approximate surface area is 202 Å². The minimum atomic E-state index is 0. The molecule has 7 heteroatoms. The van der Waals surface area contributed by atoms with Crippen LogP contribution in [0.2, 0.25) is 0 Å². The van der Waals surface area contributed by atoms with Gasteiger partial charge in [0, 0.05) is 38.8 Å². The van der Waals surface area contributed by atoms with Crippen LogP contribution in [0.1, 0.15) is 36.1 Å². The molecule has 1 saturated heterocycles. The maximum atomic E-state index is 5.86. The predicted octanol–water partition coefficient (Wildman–Crippen LogP) is 3.73. The van der Waals surface area contributed by atoms with Crippen molar-refractivity contribution in [2.75, 3.05) is 32.9 Å². The molecule has 0 spiro atoms. The van der Waals surface area contributed by atoms with E-state index in [0.717, 1.165) is 83.2 Å². The molecule has 6 nitrogen and oxygen atoms in total. The van der Waals surface area contributed by atoms with Gasteiger partial charge < -0.3 is 24.5 Å². The summed E-state index contributed by atoms with van der Waals surface area (Å²) in [6.45, 7) is 3.81. The average molecular weight is 539 g/mol. The molecule has 2 aliphatic rings. The standard InChI is InChI=1S/C24H33N3O3.HI/c1-2-6-20-17-21(9-8-19(20)5-1)27-24(26-13-10-22-7-3-14-29-22)25-12-4-15-30-23-11-16-28-18-23;/h1-3,5-7,14,21,23H,4,8-13,15-18H2,(H2,25,26,27);1H. The zero-order valence-corrected chi connectivity index (χ0v) is 20.4. The number of hydrogen-bond acceptors (Lipinski definition) is 4. The van der Waals surface area contributed by atoms with Gasteiger partial charge in [0.05, 0.1) is 19.0 Å². The van der Waals surface area contributed by atoms with Crippen LogP contribution in [0, 0.1) is 0 Å². The van der Waals surface area contributed by atoms with E-state index in [4.69, 9.17) is 18.9 Å². The first-order valence-electron chi connectivity index (χ1n) is 11.2. The molecule has 31 heavy (non-hydrogen) atoms. The Morgan fingerprint density at radius 3 is 2.84 bits per heavy atom. The number of rotatable bonds is 9. The Kier molecular flexibility index (Phi) is 10.2. The number of fused-ring (bicyclic) bond motifs is 1. The lowest BCUT2D eigenvalue weighted by Gasteiger charge is -2.27. The van der Waals surface area contributed by atoms with Gasteiger partial charge in [-0.15, -0.1) is 24.0 Å². The van der Waals surface area contributed by atoms with Crippen LogP contribution < -0.4 is 10.6 Å². The first kappa shape index (κ1) is 24.1. The Hall–Kier alpha value is -1.58. The SMILES string of the molecule is I.c1coc(CCNC(=NCCCOC2CCOC2)NC2CCc3ccccc3C2)c1. The Bertz CT molecular complexity index is 791. The topological polar surface area (TPSA) is 68.0 Å². The number of aliphatic imine (C=N–C) groups is 1. The van der Waals surface area contributed by atoms with E-state index >= 15 is 0 Å². The van der Waals surface area contributed by atoms with E-state index in [1.165, 1.54) is 11.1 Å². The van der Waals surface area contributed by atoms with Crippen molar-refractivity contribution in [2.45, 2.75) is 50.7 Å². The highest BCUT2D eigenvalue weighted by Crippen LogP contribution is 2.21. The van der Waals surface area contributed by atoms with Crippen LogP contribution in [-0.2, 0) is 28.7 Å². The van der Waals surface area contributed by atoms with Crippen molar-refractivity contribution >= 4 is 29.9 Å². The number of halogens is 1. The fourth-order valence-corrected chi connectivity index (χ4v) is 4.08. The highest BCUT2D eigenvalue weighted by molar-refractivity contribution is 14.0. The highest BCUT2D eigenvalue weighted by atomic mass is 127. The first-order chi connectivity index (χ1) is 14.9. The van der Waals surface area contributed by atoms with Gasteiger partial charge in [0.25, 0.3) is 0 Å². The maximum absolute atomic E-state index is 5.86. The molecule has 0 amide bonds. The molecule has 0 radical (unpaired) electrons. The molecule has 2 aromatic rings. The second-order valence-corrected chi connectivity index (χ2v) is 8.05. The van der Waals surface area contributed by atoms with Crippen LogP contribution in [0.5, 0.6) is 0 Å². The van der Waals surface area contributed by atoms with E-state index in [2.05, 4.69) is 34.9 Å². The smallest absolute Gasteiger partial charge is 0.191 e. The zero-order chi connectivity index (χ0) is 20.4. The number of nitrogens with zero attached hydrogens (tertiary/aromatic N) is 1. The number of furan rings is 1. The number of benzene rings is 1. The molecule has 2 heterocycles. The molecular formula is C24H34IN3O3. The summed E-state index contributed by atoms with van der Waals surface area (Å²) < 4.78 is 16.7. The molecule has 0 bridgehead atoms. The fourth-order valence-electron chi connectivity index (χ4n) is 4.08. The second-order valence-electron chi connectivity index (χ2n) is 8.05. The van der Waals surface area contributed by atoms with Crippen LogP contribution in [-0.4, -0.2) is 51.0 Å². The van der Waals surface area contributed by atoms with Gasteiger partial charge in [0.15, 0.2) is 5.96 Å². The van der Waals surface area contributed by atoms with E-state index in [1.807, 2.05) is 12.1 Å². The molecule has 1 aliphatic heterocycles. The van der Waals surface area contributed by atoms with Crippen molar-refractivity contribution in [3.63, 3.8) is 0 Å². The van der Waals surface area contributed by atoms with Gasteiger partial charge in [-0.3, -0.25) is 4.99 Å². The van der Waals surface area contributed by atoms with Crippen molar-refractivity contribution in [1.29, 1.82) is 0 Å². The van der Waals surface area contributed by atoms with Gasteiger partial charge in [-0.05, 0) is 55.4 Å². The zero-order valence-electron chi connectivity index (χ0n) is 18.1. The lowest BCUT2D eigenvalue weighted by atomic mass is 9.88. The summed E-state index contributed by atoms with van der Waals surface area (Å²) in [5.74, 6) is 1.87. The van der Waals surface area contributed by atoms with Crippen LogP contribution in [0.15, 0.2) is 52.1 Å². The lowest BCUT2D eigenvalue weighted by molar-refractivity contribution is 0.0424. The van der Waals surface area contributed by atoms with E-state index < -0.39 is 0 Å². The molecule has 1 fully saturated rings. The summed E-state index contributed by atoms with van der Waals surface area (Å²) >= 11 is 0. The average Bonchev–Trinajstić information content (AvgIpc) is 3.47. The van der Waals surface area contributed by atoms with Crippen LogP contribution in [0.3, 0.4) is 0 Å². The van der Waals surface area contributed by atoms with E-state index in [0.29, 0.717) is 6.04 Å². The summed E-state index contributed by atoms with van der Waals surface area (Å²) in [6, 6.07) is 13.1. The third-order valence-corrected chi connectivity index (χ3v) is 5.75. The van der Waals surface area contributed by atoms with Crippen molar-refractivity contribution in [3.8, 4) is 0 Å². The molecule has 2 atom stereocenters. The maximum Gasteiger partial charge on any atom is 0.191 e. The molecule has 170 valence electrons. The fraction of sp³-hybridized carbons (Fsp3) is 0.542. The minimum Gasteiger partial charge on any atom is -0.469 e. The van der Waals surface area contributed by atoms with E-state index in [1.54, 1.807) is 6.26 Å². The Balaban J connectivity index is 0.00000272. The highest BCUT2D eigenvalue weighted by Gasteiger charge is 2.19. The number of ether oxygens (including phenoxy) is 2. The third-order valence-electron chi connectivity index (χ3n) is 5.75. The summed E-state index contributed by atoms with van der Waals surface area (Å²) in [5, 5.41) is 7.14. The molecule has 1 aromatic heterocycles. The van der Waals surface area contributed by atoms with E-state index in [-0.39, 0.29) is 30.1 Å². The summed E-state index contributed by atoms with van der Waals surface area (Å²) in [7, 11) is 0.